The van der Waals surface area contributed by atoms with Crippen molar-refractivity contribution in [1.29, 1.82) is 0 Å². The number of hydrogen-bond donors (Lipinski definition) is 5. The van der Waals surface area contributed by atoms with Crippen molar-refractivity contribution < 1.29 is 25.2 Å². The molecule has 42 heavy (non-hydrogen) atoms. The van der Waals surface area contributed by atoms with Crippen LogP contribution in [0.25, 0.3) is 0 Å². The summed E-state index contributed by atoms with van der Waals surface area (Å²) in [5.74, 6) is -0.611. The first-order chi connectivity index (χ1) is 20.5. The lowest BCUT2D eigenvalue weighted by Crippen LogP contribution is -2.53. The highest BCUT2D eigenvalue weighted by Crippen LogP contribution is 2.13. The number of carbonyl (C=O) groups is 1. The largest absolute Gasteiger partial charge is 0.394 e. The van der Waals surface area contributed by atoms with Crippen LogP contribution in [0.15, 0.2) is 36.5 Å². The van der Waals surface area contributed by atoms with Crippen LogP contribution in [0.1, 0.15) is 155 Å². The second-order valence-electron chi connectivity index (χ2n) is 11.8. The standard InChI is InChI=1S/C36H67NO5/c1-3-5-7-9-11-13-14-15-16-17-18-19-20-22-24-26-28-30-34(40)36(42)37-32(31-38)35(41)33(39)29-27-25-23-21-12-10-8-6-4-2/h6,8,18-19,21,23,32-35,38-41H,3-5,7,9-17,20,22,24-31H2,1-2H3,(H,37,42)/b8-6+,19-18-,23-21+. The van der Waals surface area contributed by atoms with Gasteiger partial charge in [0.25, 0.3) is 0 Å². The molecule has 0 aromatic heterocycles. The summed E-state index contributed by atoms with van der Waals surface area (Å²) in [4.78, 5) is 12.4. The van der Waals surface area contributed by atoms with Crippen molar-refractivity contribution in [2.45, 2.75) is 179 Å². The van der Waals surface area contributed by atoms with Gasteiger partial charge in [0, 0.05) is 0 Å². The third kappa shape index (κ3) is 25.1. The van der Waals surface area contributed by atoms with Crippen LogP contribution < -0.4 is 5.32 Å². The lowest BCUT2D eigenvalue weighted by molar-refractivity contribution is -0.132. The Morgan fingerprint density at radius 2 is 1.07 bits per heavy atom. The number of unbranched alkanes of at least 4 members (excludes halogenated alkanes) is 15. The van der Waals surface area contributed by atoms with E-state index in [0.29, 0.717) is 19.3 Å². The van der Waals surface area contributed by atoms with Gasteiger partial charge in [0.05, 0.1) is 18.8 Å². The Labute approximate surface area is 258 Å². The van der Waals surface area contributed by atoms with Crippen molar-refractivity contribution in [2.24, 2.45) is 0 Å². The van der Waals surface area contributed by atoms with Gasteiger partial charge in [-0.3, -0.25) is 4.79 Å². The van der Waals surface area contributed by atoms with Crippen LogP contribution in [0.5, 0.6) is 0 Å². The molecule has 0 heterocycles. The van der Waals surface area contributed by atoms with Gasteiger partial charge in [-0.2, -0.15) is 0 Å². The number of aliphatic hydroxyl groups excluding tert-OH is 4. The van der Waals surface area contributed by atoms with E-state index in [2.05, 4.69) is 55.6 Å². The van der Waals surface area contributed by atoms with Gasteiger partial charge >= 0.3 is 0 Å². The molecule has 0 aromatic rings. The number of allylic oxidation sites excluding steroid dienone is 6. The summed E-state index contributed by atoms with van der Waals surface area (Å²) in [6.45, 7) is 3.87. The Bertz CT molecular complexity index is 678. The molecular weight excluding hydrogens is 526 g/mol. The molecule has 0 bridgehead atoms. The van der Waals surface area contributed by atoms with Gasteiger partial charge in [-0.25, -0.2) is 0 Å². The van der Waals surface area contributed by atoms with E-state index < -0.39 is 36.9 Å². The third-order valence-corrected chi connectivity index (χ3v) is 7.81. The summed E-state index contributed by atoms with van der Waals surface area (Å²) in [5.41, 5.74) is 0. The molecule has 0 aromatic carbocycles. The molecule has 0 spiro atoms. The Kier molecular flexibility index (Phi) is 29.9. The molecule has 0 rings (SSSR count). The van der Waals surface area contributed by atoms with Gasteiger partial charge in [-0.15, -0.1) is 0 Å². The Morgan fingerprint density at radius 1 is 0.595 bits per heavy atom. The van der Waals surface area contributed by atoms with Crippen LogP contribution in [0.2, 0.25) is 0 Å². The van der Waals surface area contributed by atoms with Crippen LogP contribution in [-0.4, -0.2) is 57.3 Å². The highest BCUT2D eigenvalue weighted by atomic mass is 16.3. The van der Waals surface area contributed by atoms with Crippen LogP contribution in [0, 0.1) is 0 Å². The van der Waals surface area contributed by atoms with E-state index in [9.17, 15) is 25.2 Å². The fraction of sp³-hybridized carbons (Fsp3) is 0.806. The van der Waals surface area contributed by atoms with Crippen LogP contribution >= 0.6 is 0 Å². The average molecular weight is 594 g/mol. The summed E-state index contributed by atoms with van der Waals surface area (Å²) < 4.78 is 0. The van der Waals surface area contributed by atoms with Crippen molar-refractivity contribution >= 4 is 5.91 Å². The second-order valence-corrected chi connectivity index (χ2v) is 11.8. The fourth-order valence-corrected chi connectivity index (χ4v) is 5.01. The predicted octanol–water partition coefficient (Wildman–Crippen LogP) is 7.84. The number of nitrogens with one attached hydrogen (secondary N) is 1. The van der Waals surface area contributed by atoms with Crippen molar-refractivity contribution in [3.63, 3.8) is 0 Å². The van der Waals surface area contributed by atoms with Gasteiger partial charge in [0.15, 0.2) is 0 Å². The summed E-state index contributed by atoms with van der Waals surface area (Å²) >= 11 is 0. The minimum absolute atomic E-state index is 0.345. The smallest absolute Gasteiger partial charge is 0.249 e. The molecule has 0 fully saturated rings. The van der Waals surface area contributed by atoms with Crippen LogP contribution in [-0.2, 0) is 4.79 Å². The van der Waals surface area contributed by atoms with E-state index in [0.717, 1.165) is 57.8 Å². The zero-order valence-corrected chi connectivity index (χ0v) is 27.2. The maximum Gasteiger partial charge on any atom is 0.249 e. The van der Waals surface area contributed by atoms with Gasteiger partial charge in [0.1, 0.15) is 12.2 Å². The number of rotatable bonds is 30. The van der Waals surface area contributed by atoms with Gasteiger partial charge < -0.3 is 25.7 Å². The molecule has 0 saturated heterocycles. The van der Waals surface area contributed by atoms with Gasteiger partial charge in [-0.1, -0.05) is 121 Å². The molecule has 246 valence electrons. The first kappa shape index (κ1) is 40.5. The van der Waals surface area contributed by atoms with E-state index in [1.807, 2.05) is 0 Å². The zero-order chi connectivity index (χ0) is 31.1. The molecule has 6 nitrogen and oxygen atoms in total. The second kappa shape index (κ2) is 31.0. The maximum atomic E-state index is 12.4. The van der Waals surface area contributed by atoms with Crippen molar-refractivity contribution in [3.05, 3.63) is 36.5 Å². The van der Waals surface area contributed by atoms with Crippen molar-refractivity contribution in [3.8, 4) is 0 Å². The van der Waals surface area contributed by atoms with Crippen LogP contribution in [0.4, 0.5) is 0 Å². The maximum absolute atomic E-state index is 12.4. The average Bonchev–Trinajstić information content (AvgIpc) is 2.99. The van der Waals surface area contributed by atoms with Gasteiger partial charge in [0.2, 0.25) is 5.91 Å². The van der Waals surface area contributed by atoms with E-state index in [4.69, 9.17) is 0 Å². The third-order valence-electron chi connectivity index (χ3n) is 7.81. The van der Waals surface area contributed by atoms with E-state index in [-0.39, 0.29) is 0 Å². The quantitative estimate of drug-likeness (QED) is 0.0431. The Morgan fingerprint density at radius 3 is 1.62 bits per heavy atom. The number of hydrogen-bond acceptors (Lipinski definition) is 5. The summed E-state index contributed by atoms with van der Waals surface area (Å²) in [6.07, 6.45) is 33.2. The molecule has 4 atom stereocenters. The van der Waals surface area contributed by atoms with E-state index in [1.54, 1.807) is 0 Å². The molecule has 0 aliphatic rings. The number of amides is 1. The lowest BCUT2D eigenvalue weighted by atomic mass is 10.00. The molecule has 0 aliphatic heterocycles. The fourth-order valence-electron chi connectivity index (χ4n) is 5.01. The SMILES string of the molecule is CC/C=C/CC/C=C/CCCC(O)C(O)C(CO)NC(=O)C(O)CCCCCC/C=C\CCCCCCCCCCC. The topological polar surface area (TPSA) is 110 Å². The monoisotopic (exact) mass is 594 g/mol. The highest BCUT2D eigenvalue weighted by molar-refractivity contribution is 5.80. The summed E-state index contributed by atoms with van der Waals surface area (Å²) in [5, 5.41) is 43.1. The normalized spacial score (nSPS) is 15.1. The van der Waals surface area contributed by atoms with E-state index >= 15 is 0 Å². The number of carbonyl (C=O) groups excluding carboxylic acids is 1. The Hall–Kier alpha value is -1.47. The van der Waals surface area contributed by atoms with Crippen molar-refractivity contribution in [1.82, 2.24) is 5.32 Å². The minimum Gasteiger partial charge on any atom is -0.394 e. The zero-order valence-electron chi connectivity index (χ0n) is 27.2. The molecule has 0 aliphatic carbocycles. The molecule has 5 N–H and O–H groups in total. The summed E-state index contributed by atoms with van der Waals surface area (Å²) in [7, 11) is 0. The Balaban J connectivity index is 3.88. The summed E-state index contributed by atoms with van der Waals surface area (Å²) in [6, 6.07) is -1.01. The number of aliphatic hydroxyl groups is 4. The lowest BCUT2D eigenvalue weighted by Gasteiger charge is -2.27. The molecule has 0 saturated carbocycles. The van der Waals surface area contributed by atoms with E-state index in [1.165, 1.54) is 64.2 Å². The first-order valence-corrected chi connectivity index (χ1v) is 17.4. The minimum atomic E-state index is -1.29. The predicted molar refractivity (Wildman–Crippen MR) is 177 cm³/mol. The highest BCUT2D eigenvalue weighted by Gasteiger charge is 2.28. The first-order valence-electron chi connectivity index (χ1n) is 17.4. The molecule has 4 unspecified atom stereocenters. The molecule has 6 heteroatoms. The van der Waals surface area contributed by atoms with Crippen LogP contribution in [0.3, 0.4) is 0 Å². The van der Waals surface area contributed by atoms with Crippen molar-refractivity contribution in [2.75, 3.05) is 6.61 Å². The molecule has 0 radical (unpaired) electrons. The van der Waals surface area contributed by atoms with Gasteiger partial charge in [-0.05, 0) is 70.6 Å². The molecule has 1 amide bonds. The molecular formula is C36H67NO5.